The molecule has 192 valence electrons. The number of esters is 1. The van der Waals surface area contributed by atoms with E-state index in [1.165, 1.54) is 12.1 Å². The van der Waals surface area contributed by atoms with Crippen molar-refractivity contribution in [2.45, 2.75) is 96.5 Å². The number of rotatable bonds is 9. The van der Waals surface area contributed by atoms with Gasteiger partial charge in [0.1, 0.15) is 6.10 Å². The Labute approximate surface area is 202 Å². The maximum absolute atomic E-state index is 13.2. The maximum Gasteiger partial charge on any atom is 0.416 e. The molecule has 0 unspecified atom stereocenters. The molecule has 0 spiro atoms. The van der Waals surface area contributed by atoms with Crippen molar-refractivity contribution in [2.24, 2.45) is 11.8 Å². The minimum Gasteiger partial charge on any atom is -0.462 e. The topological polar surface area (TPSA) is 38.8 Å². The molecule has 3 atom stereocenters. The summed E-state index contributed by atoms with van der Waals surface area (Å²) in [5, 5.41) is 0. The van der Waals surface area contributed by atoms with Gasteiger partial charge in [0.15, 0.2) is 0 Å². The van der Waals surface area contributed by atoms with Crippen LogP contribution in [0.3, 0.4) is 0 Å². The van der Waals surface area contributed by atoms with Crippen LogP contribution in [0.2, 0.25) is 0 Å². The SMILES string of the molecule is CCC(=O)O[C@@H]1CCN([C@H](CCC(C)C)CC2CCOCC2)[C@H](c2ccc(C(F)(F)F)cc2)C1. The maximum atomic E-state index is 13.2. The first-order valence-corrected chi connectivity index (χ1v) is 12.9. The highest BCUT2D eigenvalue weighted by atomic mass is 19.4. The second kappa shape index (κ2) is 12.4. The number of piperidine rings is 1. The second-order valence-electron chi connectivity index (χ2n) is 10.3. The third-order valence-corrected chi connectivity index (χ3v) is 7.30. The summed E-state index contributed by atoms with van der Waals surface area (Å²) in [6.45, 7) is 8.63. The smallest absolute Gasteiger partial charge is 0.416 e. The lowest BCUT2D eigenvalue weighted by Gasteiger charge is -2.45. The van der Waals surface area contributed by atoms with Gasteiger partial charge in [0.05, 0.1) is 5.56 Å². The average molecular weight is 484 g/mol. The lowest BCUT2D eigenvalue weighted by molar-refractivity contribution is -0.152. The molecule has 0 saturated carbocycles. The predicted molar refractivity (Wildman–Crippen MR) is 126 cm³/mol. The van der Waals surface area contributed by atoms with Crippen molar-refractivity contribution in [1.82, 2.24) is 4.90 Å². The molecule has 0 aliphatic carbocycles. The quantitative estimate of drug-likeness (QED) is 0.363. The zero-order valence-electron chi connectivity index (χ0n) is 20.8. The molecule has 2 aliphatic rings. The van der Waals surface area contributed by atoms with Crippen LogP contribution >= 0.6 is 0 Å². The van der Waals surface area contributed by atoms with Gasteiger partial charge >= 0.3 is 12.1 Å². The van der Waals surface area contributed by atoms with E-state index in [0.29, 0.717) is 30.7 Å². The molecule has 34 heavy (non-hydrogen) atoms. The van der Waals surface area contributed by atoms with E-state index in [1.54, 1.807) is 19.1 Å². The van der Waals surface area contributed by atoms with Gasteiger partial charge in [-0.05, 0) is 68.1 Å². The molecular weight excluding hydrogens is 443 g/mol. The highest BCUT2D eigenvalue weighted by Crippen LogP contribution is 2.39. The number of alkyl halides is 3. The lowest BCUT2D eigenvalue weighted by atomic mass is 9.84. The summed E-state index contributed by atoms with van der Waals surface area (Å²) in [6.07, 6.45) is 2.51. The predicted octanol–water partition coefficient (Wildman–Crippen LogP) is 6.79. The number of likely N-dealkylation sites (tertiary alicyclic amines) is 1. The number of nitrogens with zero attached hydrogens (tertiary/aromatic N) is 1. The number of hydrogen-bond acceptors (Lipinski definition) is 4. The van der Waals surface area contributed by atoms with Crippen molar-refractivity contribution < 1.29 is 27.4 Å². The third kappa shape index (κ3) is 7.70. The molecule has 4 nitrogen and oxygen atoms in total. The zero-order chi connectivity index (χ0) is 24.7. The molecule has 2 aliphatic heterocycles. The van der Waals surface area contributed by atoms with E-state index < -0.39 is 11.7 Å². The molecule has 3 rings (SSSR count). The van der Waals surface area contributed by atoms with Crippen LogP contribution < -0.4 is 0 Å². The monoisotopic (exact) mass is 483 g/mol. The summed E-state index contributed by atoms with van der Waals surface area (Å²) >= 11 is 0. The molecule has 7 heteroatoms. The van der Waals surface area contributed by atoms with E-state index >= 15 is 0 Å². The summed E-state index contributed by atoms with van der Waals surface area (Å²) in [5.41, 5.74) is 0.234. The molecule has 1 aromatic rings. The van der Waals surface area contributed by atoms with Crippen LogP contribution in [0.4, 0.5) is 13.2 Å². The van der Waals surface area contributed by atoms with Gasteiger partial charge in [-0.25, -0.2) is 0 Å². The summed E-state index contributed by atoms with van der Waals surface area (Å²) < 4.78 is 50.8. The van der Waals surface area contributed by atoms with Crippen molar-refractivity contribution in [1.29, 1.82) is 0 Å². The standard InChI is InChI=1S/C27H40F3NO3/c1-4-26(32)34-24-11-14-31(23(10-5-19(2)3)17-20-12-15-33-16-13-20)25(18-24)21-6-8-22(9-7-21)27(28,29)30/h6-9,19-20,23-25H,4-5,10-18H2,1-3H3/t23-,24-,25+/m1/s1. The number of benzene rings is 1. The van der Waals surface area contributed by atoms with Gasteiger partial charge in [0.25, 0.3) is 0 Å². The van der Waals surface area contributed by atoms with Gasteiger partial charge in [-0.1, -0.05) is 32.9 Å². The lowest BCUT2D eigenvalue weighted by Crippen LogP contribution is -2.47. The molecule has 2 fully saturated rings. The van der Waals surface area contributed by atoms with Crippen molar-refractivity contribution in [3.8, 4) is 0 Å². The fraction of sp³-hybridized carbons (Fsp3) is 0.741. The van der Waals surface area contributed by atoms with Gasteiger partial charge in [-0.3, -0.25) is 9.69 Å². The summed E-state index contributed by atoms with van der Waals surface area (Å²) in [4.78, 5) is 14.5. The highest BCUT2D eigenvalue weighted by Gasteiger charge is 2.37. The number of halogens is 3. The van der Waals surface area contributed by atoms with Gasteiger partial charge in [-0.15, -0.1) is 0 Å². The van der Waals surface area contributed by atoms with Crippen molar-refractivity contribution in [3.05, 3.63) is 35.4 Å². The fourth-order valence-corrected chi connectivity index (χ4v) is 5.30. The Morgan fingerprint density at radius 2 is 1.79 bits per heavy atom. The van der Waals surface area contributed by atoms with Crippen LogP contribution in [0.15, 0.2) is 24.3 Å². The minimum absolute atomic E-state index is 0.0670. The van der Waals surface area contributed by atoms with Crippen LogP contribution in [-0.2, 0) is 20.4 Å². The van der Waals surface area contributed by atoms with E-state index in [9.17, 15) is 18.0 Å². The largest absolute Gasteiger partial charge is 0.462 e. The Kier molecular flexibility index (Phi) is 9.84. The normalized spacial score (nSPS) is 23.7. The van der Waals surface area contributed by atoms with E-state index in [0.717, 1.165) is 63.8 Å². The molecule has 0 N–H and O–H groups in total. The summed E-state index contributed by atoms with van der Waals surface area (Å²) in [7, 11) is 0. The molecule has 1 aromatic carbocycles. The first-order chi connectivity index (χ1) is 16.2. The van der Waals surface area contributed by atoms with Gasteiger partial charge in [0.2, 0.25) is 0 Å². The number of carbonyl (C=O) groups is 1. The van der Waals surface area contributed by atoms with Gasteiger partial charge < -0.3 is 9.47 Å². The first-order valence-electron chi connectivity index (χ1n) is 12.9. The zero-order valence-corrected chi connectivity index (χ0v) is 20.8. The molecule has 0 bridgehead atoms. The Morgan fingerprint density at radius 1 is 1.12 bits per heavy atom. The van der Waals surface area contributed by atoms with Crippen LogP contribution in [-0.4, -0.2) is 42.8 Å². The average Bonchev–Trinajstić information content (AvgIpc) is 2.82. The van der Waals surface area contributed by atoms with Gasteiger partial charge in [-0.2, -0.15) is 13.2 Å². The van der Waals surface area contributed by atoms with E-state index in [2.05, 4.69) is 18.7 Å². The molecule has 2 saturated heterocycles. The minimum atomic E-state index is -4.35. The van der Waals surface area contributed by atoms with E-state index in [4.69, 9.17) is 9.47 Å². The summed E-state index contributed by atoms with van der Waals surface area (Å²) in [5.74, 6) is 0.975. The van der Waals surface area contributed by atoms with Crippen LogP contribution in [0.25, 0.3) is 0 Å². The van der Waals surface area contributed by atoms with E-state index in [-0.39, 0.29) is 18.1 Å². The molecule has 2 heterocycles. The molecule has 0 radical (unpaired) electrons. The Balaban J connectivity index is 1.85. The van der Waals surface area contributed by atoms with Gasteiger partial charge in [0, 0.05) is 44.7 Å². The molecule has 0 aromatic heterocycles. The number of carbonyl (C=O) groups excluding carboxylic acids is 1. The first kappa shape index (κ1) is 27.0. The summed E-state index contributed by atoms with van der Waals surface area (Å²) in [6, 6.07) is 5.85. The Morgan fingerprint density at radius 3 is 2.38 bits per heavy atom. The Hall–Kier alpha value is -1.60. The number of hydrogen-bond donors (Lipinski definition) is 0. The van der Waals surface area contributed by atoms with Crippen LogP contribution in [0, 0.1) is 11.8 Å². The molecule has 0 amide bonds. The van der Waals surface area contributed by atoms with Crippen molar-refractivity contribution in [3.63, 3.8) is 0 Å². The number of ether oxygens (including phenoxy) is 2. The van der Waals surface area contributed by atoms with Crippen molar-refractivity contribution in [2.75, 3.05) is 19.8 Å². The molecular formula is C27H40F3NO3. The van der Waals surface area contributed by atoms with Crippen molar-refractivity contribution >= 4 is 5.97 Å². The van der Waals surface area contributed by atoms with Crippen LogP contribution in [0.1, 0.15) is 89.3 Å². The fourth-order valence-electron chi connectivity index (χ4n) is 5.30. The van der Waals surface area contributed by atoms with E-state index in [1.807, 2.05) is 0 Å². The second-order valence-corrected chi connectivity index (χ2v) is 10.3. The highest BCUT2D eigenvalue weighted by molar-refractivity contribution is 5.69. The van der Waals surface area contributed by atoms with Crippen LogP contribution in [0.5, 0.6) is 0 Å². The Bertz CT molecular complexity index is 759. The third-order valence-electron chi connectivity index (χ3n) is 7.30.